The molecule has 0 aromatic heterocycles. The Morgan fingerprint density at radius 1 is 1.12 bits per heavy atom. The van der Waals surface area contributed by atoms with E-state index in [4.69, 9.17) is 0 Å². The van der Waals surface area contributed by atoms with Crippen molar-refractivity contribution in [2.24, 2.45) is 0 Å². The molecule has 1 heteroatoms. The molecule has 0 spiro atoms. The quantitative estimate of drug-likeness (QED) is 0.693. The van der Waals surface area contributed by atoms with Gasteiger partial charge >= 0.3 is 0 Å². The zero-order valence-electron chi connectivity index (χ0n) is 10.1. The number of benzene rings is 2. The number of hydrogen-bond donors (Lipinski definition) is 0. The van der Waals surface area contributed by atoms with Crippen LogP contribution in [0.5, 0.6) is 0 Å². The SMILES string of the molecule is C=Cc1ccc(-c2cccc(C)c2)c(C)c1F. The molecule has 0 N–H and O–H groups in total. The molecule has 86 valence electrons. The minimum atomic E-state index is -0.181. The highest BCUT2D eigenvalue weighted by Gasteiger charge is 2.09. The monoisotopic (exact) mass is 226 g/mol. The third-order valence-corrected chi connectivity index (χ3v) is 2.97. The minimum Gasteiger partial charge on any atom is -0.206 e. The Hall–Kier alpha value is -1.89. The van der Waals surface area contributed by atoms with Gasteiger partial charge in [-0.05, 0) is 30.5 Å². The molecule has 0 radical (unpaired) electrons. The smallest absolute Gasteiger partial charge is 0.133 e. The lowest BCUT2D eigenvalue weighted by atomic mass is 9.96. The van der Waals surface area contributed by atoms with Crippen molar-refractivity contribution in [2.45, 2.75) is 13.8 Å². The van der Waals surface area contributed by atoms with Crippen LogP contribution in [0, 0.1) is 19.7 Å². The molecule has 0 amide bonds. The van der Waals surface area contributed by atoms with Crippen molar-refractivity contribution < 1.29 is 4.39 Å². The van der Waals surface area contributed by atoms with Crippen molar-refractivity contribution in [3.63, 3.8) is 0 Å². The molecule has 0 bridgehead atoms. The fraction of sp³-hybridized carbons (Fsp3) is 0.125. The van der Waals surface area contributed by atoms with Crippen molar-refractivity contribution in [2.75, 3.05) is 0 Å². The van der Waals surface area contributed by atoms with Crippen LogP contribution in [-0.2, 0) is 0 Å². The molecule has 0 saturated heterocycles. The number of rotatable bonds is 2. The van der Waals surface area contributed by atoms with Gasteiger partial charge in [-0.3, -0.25) is 0 Å². The molecule has 2 rings (SSSR count). The number of halogens is 1. The minimum absolute atomic E-state index is 0.181. The lowest BCUT2D eigenvalue weighted by Gasteiger charge is -2.09. The van der Waals surface area contributed by atoms with E-state index in [-0.39, 0.29) is 5.82 Å². The third kappa shape index (κ3) is 2.14. The third-order valence-electron chi connectivity index (χ3n) is 2.97. The Bertz CT molecular complexity index is 568. The van der Waals surface area contributed by atoms with Crippen LogP contribution < -0.4 is 0 Å². The summed E-state index contributed by atoms with van der Waals surface area (Å²) in [4.78, 5) is 0. The van der Waals surface area contributed by atoms with Gasteiger partial charge in [-0.1, -0.05) is 54.6 Å². The second-order valence-corrected chi connectivity index (χ2v) is 4.21. The first kappa shape index (κ1) is 11.6. The first-order valence-electron chi connectivity index (χ1n) is 5.62. The molecule has 0 fully saturated rings. The molecular weight excluding hydrogens is 211 g/mol. The zero-order chi connectivity index (χ0) is 12.4. The fourth-order valence-electron chi connectivity index (χ4n) is 1.99. The summed E-state index contributed by atoms with van der Waals surface area (Å²) >= 11 is 0. The van der Waals surface area contributed by atoms with E-state index >= 15 is 0 Å². The van der Waals surface area contributed by atoms with Gasteiger partial charge in [0.05, 0.1) is 0 Å². The van der Waals surface area contributed by atoms with Gasteiger partial charge in [0.25, 0.3) is 0 Å². The Kier molecular flexibility index (Phi) is 3.10. The van der Waals surface area contributed by atoms with E-state index in [1.165, 1.54) is 5.56 Å². The lowest BCUT2D eigenvalue weighted by Crippen LogP contribution is -1.92. The van der Waals surface area contributed by atoms with Gasteiger partial charge < -0.3 is 0 Å². The molecular formula is C16H15F. The maximum Gasteiger partial charge on any atom is 0.133 e. The highest BCUT2D eigenvalue weighted by atomic mass is 19.1. The summed E-state index contributed by atoms with van der Waals surface area (Å²) in [6.07, 6.45) is 1.54. The Morgan fingerprint density at radius 2 is 1.88 bits per heavy atom. The number of hydrogen-bond acceptors (Lipinski definition) is 0. The second kappa shape index (κ2) is 4.54. The van der Waals surface area contributed by atoms with Crippen molar-refractivity contribution in [3.05, 3.63) is 65.5 Å². The van der Waals surface area contributed by atoms with Gasteiger partial charge in [0.15, 0.2) is 0 Å². The van der Waals surface area contributed by atoms with Gasteiger partial charge in [0, 0.05) is 5.56 Å². The predicted octanol–water partition coefficient (Wildman–Crippen LogP) is 4.75. The standard InChI is InChI=1S/C16H15F/c1-4-13-8-9-15(12(3)16(13)17)14-7-5-6-11(2)10-14/h4-10H,1H2,2-3H3. The fourth-order valence-corrected chi connectivity index (χ4v) is 1.99. The van der Waals surface area contributed by atoms with Crippen molar-refractivity contribution in [3.8, 4) is 11.1 Å². The molecule has 0 atom stereocenters. The summed E-state index contributed by atoms with van der Waals surface area (Å²) in [5.74, 6) is -0.181. The first-order chi connectivity index (χ1) is 8.13. The van der Waals surface area contributed by atoms with E-state index in [1.54, 1.807) is 19.1 Å². The molecule has 0 aliphatic rings. The Balaban J connectivity index is 2.61. The predicted molar refractivity (Wildman–Crippen MR) is 71.4 cm³/mol. The van der Waals surface area contributed by atoms with Gasteiger partial charge in [-0.15, -0.1) is 0 Å². The Morgan fingerprint density at radius 3 is 2.53 bits per heavy atom. The van der Waals surface area contributed by atoms with E-state index in [1.807, 2.05) is 31.2 Å². The second-order valence-electron chi connectivity index (χ2n) is 4.21. The van der Waals surface area contributed by atoms with Gasteiger partial charge in [-0.25, -0.2) is 4.39 Å². The van der Waals surface area contributed by atoms with E-state index in [0.29, 0.717) is 11.1 Å². The highest BCUT2D eigenvalue weighted by Crippen LogP contribution is 2.27. The summed E-state index contributed by atoms with van der Waals surface area (Å²) in [7, 11) is 0. The molecule has 0 heterocycles. The van der Waals surface area contributed by atoms with Crippen LogP contribution >= 0.6 is 0 Å². The molecule has 0 aliphatic carbocycles. The summed E-state index contributed by atoms with van der Waals surface area (Å²) in [5, 5.41) is 0. The topological polar surface area (TPSA) is 0 Å². The normalized spacial score (nSPS) is 10.3. The van der Waals surface area contributed by atoms with Crippen LogP contribution in [0.4, 0.5) is 4.39 Å². The summed E-state index contributed by atoms with van der Waals surface area (Å²) in [5.41, 5.74) is 4.40. The van der Waals surface area contributed by atoms with E-state index in [2.05, 4.69) is 12.6 Å². The summed E-state index contributed by atoms with van der Waals surface area (Å²) in [6, 6.07) is 11.8. The molecule has 17 heavy (non-hydrogen) atoms. The largest absolute Gasteiger partial charge is 0.206 e. The van der Waals surface area contributed by atoms with Gasteiger partial charge in [0.2, 0.25) is 0 Å². The highest BCUT2D eigenvalue weighted by molar-refractivity contribution is 5.70. The molecule has 2 aromatic carbocycles. The Labute approximate surface area is 101 Å². The zero-order valence-corrected chi connectivity index (χ0v) is 10.1. The van der Waals surface area contributed by atoms with E-state index in [9.17, 15) is 4.39 Å². The molecule has 0 aliphatic heterocycles. The van der Waals surface area contributed by atoms with E-state index < -0.39 is 0 Å². The summed E-state index contributed by atoms with van der Waals surface area (Å²) in [6.45, 7) is 7.45. The van der Waals surface area contributed by atoms with Gasteiger partial charge in [0.1, 0.15) is 5.82 Å². The molecule has 0 unspecified atom stereocenters. The number of aryl methyl sites for hydroxylation is 1. The van der Waals surface area contributed by atoms with Crippen LogP contribution in [0.25, 0.3) is 17.2 Å². The van der Waals surface area contributed by atoms with Crippen LogP contribution in [0.3, 0.4) is 0 Å². The maximum absolute atomic E-state index is 14.0. The molecule has 0 saturated carbocycles. The summed E-state index contributed by atoms with van der Waals surface area (Å²) < 4.78 is 14.0. The van der Waals surface area contributed by atoms with Crippen molar-refractivity contribution in [1.82, 2.24) is 0 Å². The maximum atomic E-state index is 14.0. The van der Waals surface area contributed by atoms with E-state index in [0.717, 1.165) is 11.1 Å². The van der Waals surface area contributed by atoms with Gasteiger partial charge in [-0.2, -0.15) is 0 Å². The molecule has 0 nitrogen and oxygen atoms in total. The van der Waals surface area contributed by atoms with Crippen LogP contribution in [0.15, 0.2) is 43.0 Å². The van der Waals surface area contributed by atoms with Crippen LogP contribution in [0.2, 0.25) is 0 Å². The van der Waals surface area contributed by atoms with Crippen LogP contribution in [-0.4, -0.2) is 0 Å². The van der Waals surface area contributed by atoms with Crippen molar-refractivity contribution in [1.29, 1.82) is 0 Å². The average Bonchev–Trinajstić information content (AvgIpc) is 2.32. The average molecular weight is 226 g/mol. The van der Waals surface area contributed by atoms with Crippen molar-refractivity contribution >= 4 is 6.08 Å². The lowest BCUT2D eigenvalue weighted by molar-refractivity contribution is 0.616. The first-order valence-corrected chi connectivity index (χ1v) is 5.62. The van der Waals surface area contributed by atoms with Crippen LogP contribution in [0.1, 0.15) is 16.7 Å². The molecule has 2 aromatic rings.